The third-order valence-corrected chi connectivity index (χ3v) is 3.01. The van der Waals surface area contributed by atoms with Crippen LogP contribution in [0, 0.1) is 6.92 Å². The standard InChI is InChI=1S/C13H19N5/c1-4-18-11(7-10(2)17-18)8-13(14-3)12-5-6-15-9-16-12/h5-7,9,13-14H,4,8H2,1-3H3. The summed E-state index contributed by atoms with van der Waals surface area (Å²) in [4.78, 5) is 8.26. The third-order valence-electron chi connectivity index (χ3n) is 3.01. The molecule has 0 radical (unpaired) electrons. The monoisotopic (exact) mass is 245 g/mol. The lowest BCUT2D eigenvalue weighted by Gasteiger charge is -2.15. The third kappa shape index (κ3) is 2.73. The molecule has 0 saturated heterocycles. The van der Waals surface area contributed by atoms with Crippen LogP contribution >= 0.6 is 0 Å². The van der Waals surface area contributed by atoms with Gasteiger partial charge in [-0.3, -0.25) is 4.68 Å². The highest BCUT2D eigenvalue weighted by Crippen LogP contribution is 2.16. The molecule has 96 valence electrons. The zero-order valence-electron chi connectivity index (χ0n) is 11.1. The number of aryl methyl sites for hydroxylation is 2. The Morgan fingerprint density at radius 2 is 2.28 bits per heavy atom. The Bertz CT molecular complexity index is 491. The fourth-order valence-corrected chi connectivity index (χ4v) is 2.11. The van der Waals surface area contributed by atoms with Crippen molar-refractivity contribution in [3.63, 3.8) is 0 Å². The minimum Gasteiger partial charge on any atom is -0.311 e. The van der Waals surface area contributed by atoms with E-state index in [0.29, 0.717) is 0 Å². The first kappa shape index (κ1) is 12.7. The Hall–Kier alpha value is -1.75. The van der Waals surface area contributed by atoms with E-state index in [2.05, 4.69) is 33.4 Å². The van der Waals surface area contributed by atoms with Crippen LogP contribution in [0.5, 0.6) is 0 Å². The summed E-state index contributed by atoms with van der Waals surface area (Å²) in [6.07, 6.45) is 4.24. The van der Waals surface area contributed by atoms with Gasteiger partial charge >= 0.3 is 0 Å². The molecule has 18 heavy (non-hydrogen) atoms. The van der Waals surface area contributed by atoms with Gasteiger partial charge in [-0.05, 0) is 33.0 Å². The largest absolute Gasteiger partial charge is 0.311 e. The van der Waals surface area contributed by atoms with Crippen molar-refractivity contribution in [3.8, 4) is 0 Å². The summed E-state index contributed by atoms with van der Waals surface area (Å²) in [6, 6.07) is 4.27. The van der Waals surface area contributed by atoms with Gasteiger partial charge < -0.3 is 5.32 Å². The fraction of sp³-hybridized carbons (Fsp3) is 0.462. The van der Waals surface area contributed by atoms with Gasteiger partial charge in [-0.25, -0.2) is 9.97 Å². The highest BCUT2D eigenvalue weighted by Gasteiger charge is 2.14. The minimum absolute atomic E-state index is 0.189. The van der Waals surface area contributed by atoms with Crippen molar-refractivity contribution in [1.82, 2.24) is 25.1 Å². The van der Waals surface area contributed by atoms with E-state index in [1.54, 1.807) is 12.5 Å². The molecule has 0 aromatic carbocycles. The summed E-state index contributed by atoms with van der Waals surface area (Å²) in [5.74, 6) is 0. The van der Waals surface area contributed by atoms with Crippen molar-refractivity contribution in [3.05, 3.63) is 41.7 Å². The first-order chi connectivity index (χ1) is 8.74. The topological polar surface area (TPSA) is 55.6 Å². The summed E-state index contributed by atoms with van der Waals surface area (Å²) in [5, 5.41) is 7.76. The van der Waals surface area contributed by atoms with E-state index < -0.39 is 0 Å². The molecule has 1 atom stereocenters. The van der Waals surface area contributed by atoms with Crippen LogP contribution in [0.3, 0.4) is 0 Å². The van der Waals surface area contributed by atoms with Gasteiger partial charge in [0.2, 0.25) is 0 Å². The molecule has 5 heteroatoms. The van der Waals surface area contributed by atoms with Gasteiger partial charge in [0.15, 0.2) is 0 Å². The molecule has 0 aliphatic rings. The van der Waals surface area contributed by atoms with E-state index in [1.165, 1.54) is 5.69 Å². The molecule has 2 heterocycles. The number of hydrogen-bond donors (Lipinski definition) is 1. The van der Waals surface area contributed by atoms with E-state index in [9.17, 15) is 0 Å². The average Bonchev–Trinajstić information content (AvgIpc) is 2.77. The molecule has 0 saturated carbocycles. The van der Waals surface area contributed by atoms with Crippen LogP contribution in [-0.4, -0.2) is 26.8 Å². The smallest absolute Gasteiger partial charge is 0.115 e. The minimum atomic E-state index is 0.189. The highest BCUT2D eigenvalue weighted by molar-refractivity contribution is 5.14. The van der Waals surface area contributed by atoms with Crippen LogP contribution in [0.4, 0.5) is 0 Å². The Morgan fingerprint density at radius 1 is 1.44 bits per heavy atom. The van der Waals surface area contributed by atoms with Gasteiger partial charge in [-0.1, -0.05) is 0 Å². The van der Waals surface area contributed by atoms with Gasteiger partial charge in [-0.2, -0.15) is 5.10 Å². The van der Waals surface area contributed by atoms with Gasteiger partial charge in [0.1, 0.15) is 6.33 Å². The lowest BCUT2D eigenvalue weighted by Crippen LogP contribution is -2.21. The molecule has 0 aliphatic heterocycles. The van der Waals surface area contributed by atoms with Crippen molar-refractivity contribution >= 4 is 0 Å². The van der Waals surface area contributed by atoms with Crippen molar-refractivity contribution < 1.29 is 0 Å². The lowest BCUT2D eigenvalue weighted by atomic mass is 10.1. The highest BCUT2D eigenvalue weighted by atomic mass is 15.3. The number of aromatic nitrogens is 4. The number of rotatable bonds is 5. The van der Waals surface area contributed by atoms with Gasteiger partial charge in [0.25, 0.3) is 0 Å². The molecule has 0 aliphatic carbocycles. The normalized spacial score (nSPS) is 12.6. The van der Waals surface area contributed by atoms with Crippen molar-refractivity contribution in [1.29, 1.82) is 0 Å². The lowest BCUT2D eigenvalue weighted by molar-refractivity contribution is 0.531. The molecule has 5 nitrogen and oxygen atoms in total. The summed E-state index contributed by atoms with van der Waals surface area (Å²) in [5.41, 5.74) is 3.30. The second-order valence-corrected chi connectivity index (χ2v) is 4.27. The molecule has 1 unspecified atom stereocenters. The Morgan fingerprint density at radius 3 is 2.89 bits per heavy atom. The Labute approximate surface area is 107 Å². The molecule has 2 aromatic heterocycles. The molecular formula is C13H19N5. The Kier molecular flexibility index (Phi) is 4.04. The van der Waals surface area contributed by atoms with Crippen LogP contribution in [0.15, 0.2) is 24.7 Å². The first-order valence-electron chi connectivity index (χ1n) is 6.21. The van der Waals surface area contributed by atoms with Crippen LogP contribution < -0.4 is 5.32 Å². The summed E-state index contributed by atoms with van der Waals surface area (Å²) >= 11 is 0. The molecule has 0 bridgehead atoms. The molecule has 2 rings (SSSR count). The van der Waals surface area contributed by atoms with Gasteiger partial charge in [-0.15, -0.1) is 0 Å². The summed E-state index contributed by atoms with van der Waals surface area (Å²) < 4.78 is 2.04. The number of nitrogens with zero attached hydrogens (tertiary/aromatic N) is 4. The number of hydrogen-bond acceptors (Lipinski definition) is 4. The van der Waals surface area contributed by atoms with Crippen molar-refractivity contribution in [2.75, 3.05) is 7.05 Å². The average molecular weight is 245 g/mol. The van der Waals surface area contributed by atoms with Crippen molar-refractivity contribution in [2.45, 2.75) is 32.9 Å². The maximum atomic E-state index is 4.47. The fourth-order valence-electron chi connectivity index (χ4n) is 2.11. The van der Waals surface area contributed by atoms with E-state index in [1.807, 2.05) is 24.7 Å². The SMILES string of the molecule is CCn1nc(C)cc1CC(NC)c1ccncn1. The first-order valence-corrected chi connectivity index (χ1v) is 6.21. The number of likely N-dealkylation sites (N-methyl/N-ethyl adjacent to an activating group) is 1. The van der Waals surface area contributed by atoms with Crippen molar-refractivity contribution in [2.24, 2.45) is 0 Å². The molecule has 0 fully saturated rings. The van der Waals surface area contributed by atoms with Gasteiger partial charge in [0.05, 0.1) is 17.4 Å². The number of nitrogens with one attached hydrogen (secondary N) is 1. The van der Waals surface area contributed by atoms with Gasteiger partial charge in [0, 0.05) is 24.9 Å². The maximum absolute atomic E-state index is 4.47. The van der Waals surface area contributed by atoms with Crippen LogP contribution in [-0.2, 0) is 13.0 Å². The van der Waals surface area contributed by atoms with Crippen LogP contribution in [0.1, 0.15) is 30.0 Å². The molecule has 2 aromatic rings. The molecule has 0 amide bonds. The van der Waals surface area contributed by atoms with Crippen LogP contribution in [0.2, 0.25) is 0 Å². The molecular weight excluding hydrogens is 226 g/mol. The van der Waals surface area contributed by atoms with E-state index in [4.69, 9.17) is 0 Å². The Balaban J connectivity index is 2.20. The van der Waals surface area contributed by atoms with E-state index in [-0.39, 0.29) is 6.04 Å². The van der Waals surface area contributed by atoms with Crippen LogP contribution in [0.25, 0.3) is 0 Å². The summed E-state index contributed by atoms with van der Waals surface area (Å²) in [6.45, 7) is 5.02. The molecule has 1 N–H and O–H groups in total. The zero-order valence-corrected chi connectivity index (χ0v) is 11.1. The second kappa shape index (κ2) is 5.73. The van der Waals surface area contributed by atoms with E-state index in [0.717, 1.165) is 24.4 Å². The molecule has 0 spiro atoms. The predicted octanol–water partition coefficient (Wildman–Crippen LogP) is 1.50. The maximum Gasteiger partial charge on any atom is 0.115 e. The quantitative estimate of drug-likeness (QED) is 0.867. The summed E-state index contributed by atoms with van der Waals surface area (Å²) in [7, 11) is 1.95. The predicted molar refractivity (Wildman–Crippen MR) is 70.2 cm³/mol. The second-order valence-electron chi connectivity index (χ2n) is 4.27. The van der Waals surface area contributed by atoms with E-state index >= 15 is 0 Å². The zero-order chi connectivity index (χ0) is 13.0.